The Labute approximate surface area is 107 Å². The van der Waals surface area contributed by atoms with Gasteiger partial charge < -0.3 is 10.1 Å². The molecule has 1 aromatic rings. The number of anilines is 1. The van der Waals surface area contributed by atoms with Gasteiger partial charge in [0.15, 0.2) is 5.16 Å². The number of thioether (sulfide) groups is 1. The topological polar surface area (TPSA) is 59.9 Å². The molecule has 0 radical (unpaired) electrons. The second kappa shape index (κ2) is 7.32. The van der Waals surface area contributed by atoms with Crippen molar-refractivity contribution >= 4 is 17.7 Å². The lowest BCUT2D eigenvalue weighted by molar-refractivity contribution is 0.308. The molecule has 0 atom stereocenters. The highest BCUT2D eigenvalue weighted by Gasteiger charge is 2.08. The van der Waals surface area contributed by atoms with Crippen molar-refractivity contribution in [3.63, 3.8) is 0 Å². The molecule has 0 aliphatic heterocycles. The summed E-state index contributed by atoms with van der Waals surface area (Å²) in [6.45, 7) is 9.60. The Morgan fingerprint density at radius 1 is 1.24 bits per heavy atom. The van der Waals surface area contributed by atoms with Crippen LogP contribution in [0.3, 0.4) is 0 Å². The van der Waals surface area contributed by atoms with Crippen LogP contribution in [0.25, 0.3) is 0 Å². The van der Waals surface area contributed by atoms with Gasteiger partial charge in [-0.3, -0.25) is 0 Å². The van der Waals surface area contributed by atoms with Crippen molar-refractivity contribution in [1.82, 2.24) is 15.0 Å². The lowest BCUT2D eigenvalue weighted by atomic mass is 10.3. The highest BCUT2D eigenvalue weighted by atomic mass is 32.2. The Morgan fingerprint density at radius 2 is 2.00 bits per heavy atom. The van der Waals surface area contributed by atoms with Crippen LogP contribution in [0, 0.1) is 5.92 Å². The van der Waals surface area contributed by atoms with Gasteiger partial charge in [-0.2, -0.15) is 15.0 Å². The smallest absolute Gasteiger partial charge is 0.322 e. The number of ether oxygens (including phenoxy) is 1. The molecule has 0 spiro atoms. The monoisotopic (exact) mass is 256 g/mol. The average molecular weight is 256 g/mol. The fraction of sp³-hybridized carbons (Fsp3) is 0.727. The van der Waals surface area contributed by atoms with Crippen molar-refractivity contribution in [2.75, 3.05) is 24.2 Å². The van der Waals surface area contributed by atoms with Crippen molar-refractivity contribution in [2.45, 2.75) is 32.9 Å². The Hall–Kier alpha value is -1.04. The molecular formula is C11H20N4OS. The predicted octanol–water partition coefficient (Wildman–Crippen LogP) is 2.45. The van der Waals surface area contributed by atoms with Crippen molar-refractivity contribution < 1.29 is 4.74 Å². The highest BCUT2D eigenvalue weighted by molar-refractivity contribution is 7.99. The molecule has 0 bridgehead atoms. The number of rotatable bonds is 7. The lowest BCUT2D eigenvalue weighted by Crippen LogP contribution is -2.07. The van der Waals surface area contributed by atoms with E-state index < -0.39 is 0 Å². The van der Waals surface area contributed by atoms with Crippen molar-refractivity contribution in [3.8, 4) is 6.01 Å². The van der Waals surface area contributed by atoms with Gasteiger partial charge >= 0.3 is 6.01 Å². The van der Waals surface area contributed by atoms with Gasteiger partial charge in [0.05, 0.1) is 6.61 Å². The van der Waals surface area contributed by atoms with Crippen LogP contribution in [0.15, 0.2) is 5.16 Å². The zero-order valence-electron chi connectivity index (χ0n) is 10.9. The molecule has 0 saturated heterocycles. The molecule has 0 saturated carbocycles. The molecule has 0 aliphatic rings. The maximum Gasteiger partial charge on any atom is 0.322 e. The minimum Gasteiger partial charge on any atom is -0.464 e. The first-order valence-electron chi connectivity index (χ1n) is 5.91. The summed E-state index contributed by atoms with van der Waals surface area (Å²) in [5, 5.41) is 3.79. The van der Waals surface area contributed by atoms with Crippen LogP contribution in [-0.2, 0) is 0 Å². The predicted molar refractivity (Wildman–Crippen MR) is 70.7 cm³/mol. The zero-order chi connectivity index (χ0) is 12.7. The summed E-state index contributed by atoms with van der Waals surface area (Å²) < 4.78 is 5.32. The first kappa shape index (κ1) is 14.0. The third-order valence-corrected chi connectivity index (χ3v) is 3.02. The van der Waals surface area contributed by atoms with Crippen LogP contribution in [0.2, 0.25) is 0 Å². The van der Waals surface area contributed by atoms with Crippen LogP contribution >= 0.6 is 11.8 Å². The second-order valence-corrected chi connectivity index (χ2v) is 4.88. The van der Waals surface area contributed by atoms with E-state index in [0.717, 1.165) is 12.3 Å². The fourth-order valence-corrected chi connectivity index (χ4v) is 1.85. The highest BCUT2D eigenvalue weighted by Crippen LogP contribution is 2.19. The Morgan fingerprint density at radius 3 is 2.59 bits per heavy atom. The van der Waals surface area contributed by atoms with E-state index >= 15 is 0 Å². The molecule has 96 valence electrons. The summed E-state index contributed by atoms with van der Waals surface area (Å²) in [4.78, 5) is 12.8. The quantitative estimate of drug-likeness (QED) is 0.756. The average Bonchev–Trinajstić information content (AvgIpc) is 2.27. The van der Waals surface area contributed by atoms with Gasteiger partial charge in [0.1, 0.15) is 0 Å². The first-order chi connectivity index (χ1) is 8.15. The molecule has 1 rings (SSSR count). The normalized spacial score (nSPS) is 10.6. The summed E-state index contributed by atoms with van der Waals surface area (Å²) in [6.07, 6.45) is 0. The van der Waals surface area contributed by atoms with E-state index in [4.69, 9.17) is 4.74 Å². The molecular weight excluding hydrogens is 236 g/mol. The van der Waals surface area contributed by atoms with E-state index in [0.29, 0.717) is 29.6 Å². The van der Waals surface area contributed by atoms with Crippen LogP contribution in [0.4, 0.5) is 5.95 Å². The van der Waals surface area contributed by atoms with E-state index in [1.807, 2.05) is 13.8 Å². The fourth-order valence-electron chi connectivity index (χ4n) is 1.07. The van der Waals surface area contributed by atoms with Crippen molar-refractivity contribution in [2.24, 2.45) is 5.92 Å². The van der Waals surface area contributed by atoms with Gasteiger partial charge in [-0.1, -0.05) is 25.6 Å². The number of hydrogen-bond donors (Lipinski definition) is 1. The van der Waals surface area contributed by atoms with Gasteiger partial charge in [-0.15, -0.1) is 0 Å². The van der Waals surface area contributed by atoms with Crippen molar-refractivity contribution in [3.05, 3.63) is 0 Å². The largest absolute Gasteiger partial charge is 0.464 e. The molecule has 0 amide bonds. The minimum atomic E-state index is 0.393. The maximum atomic E-state index is 5.32. The van der Waals surface area contributed by atoms with Gasteiger partial charge in [0, 0.05) is 12.3 Å². The number of hydrogen-bond acceptors (Lipinski definition) is 6. The molecule has 17 heavy (non-hydrogen) atoms. The van der Waals surface area contributed by atoms with Gasteiger partial charge in [0.2, 0.25) is 5.95 Å². The SMILES string of the molecule is CCNc1nc(OCC)nc(SCC(C)C)n1. The molecule has 1 aromatic heterocycles. The van der Waals surface area contributed by atoms with Crippen LogP contribution in [0.5, 0.6) is 6.01 Å². The Bertz CT molecular complexity index is 322. The minimum absolute atomic E-state index is 0.393. The van der Waals surface area contributed by atoms with E-state index in [-0.39, 0.29) is 0 Å². The van der Waals surface area contributed by atoms with E-state index in [9.17, 15) is 0 Å². The summed E-state index contributed by atoms with van der Waals surface area (Å²) in [5.41, 5.74) is 0. The molecule has 0 unspecified atom stereocenters. The molecule has 0 aliphatic carbocycles. The lowest BCUT2D eigenvalue weighted by Gasteiger charge is -2.08. The number of nitrogens with zero attached hydrogens (tertiary/aromatic N) is 3. The van der Waals surface area contributed by atoms with E-state index in [1.54, 1.807) is 11.8 Å². The van der Waals surface area contributed by atoms with Crippen LogP contribution in [-0.4, -0.2) is 33.9 Å². The summed E-state index contributed by atoms with van der Waals surface area (Å²) in [5.74, 6) is 2.17. The van der Waals surface area contributed by atoms with Crippen LogP contribution < -0.4 is 10.1 Å². The Balaban J connectivity index is 2.79. The summed E-state index contributed by atoms with van der Waals surface area (Å²) >= 11 is 1.63. The van der Waals surface area contributed by atoms with Crippen molar-refractivity contribution in [1.29, 1.82) is 0 Å². The molecule has 0 aromatic carbocycles. The summed E-state index contributed by atoms with van der Waals surface area (Å²) in [7, 11) is 0. The van der Waals surface area contributed by atoms with Gasteiger partial charge in [-0.25, -0.2) is 0 Å². The first-order valence-corrected chi connectivity index (χ1v) is 6.89. The molecule has 6 heteroatoms. The second-order valence-electron chi connectivity index (χ2n) is 3.89. The van der Waals surface area contributed by atoms with E-state index in [1.165, 1.54) is 0 Å². The van der Waals surface area contributed by atoms with Gasteiger partial charge in [-0.05, 0) is 19.8 Å². The third kappa shape index (κ3) is 5.21. The van der Waals surface area contributed by atoms with E-state index in [2.05, 4.69) is 34.1 Å². The Kier molecular flexibility index (Phi) is 6.04. The molecule has 1 heterocycles. The molecule has 5 nitrogen and oxygen atoms in total. The molecule has 1 N–H and O–H groups in total. The molecule has 0 fully saturated rings. The van der Waals surface area contributed by atoms with Gasteiger partial charge in [0.25, 0.3) is 0 Å². The zero-order valence-corrected chi connectivity index (χ0v) is 11.7. The number of aromatic nitrogens is 3. The summed E-state index contributed by atoms with van der Waals surface area (Å²) in [6, 6.07) is 0.393. The standard InChI is InChI=1S/C11H20N4OS/c1-5-12-9-13-10(16-6-2)15-11(14-9)17-7-8(3)4/h8H,5-7H2,1-4H3,(H,12,13,14,15). The van der Waals surface area contributed by atoms with Crippen LogP contribution in [0.1, 0.15) is 27.7 Å². The number of nitrogens with one attached hydrogen (secondary N) is 1. The third-order valence-electron chi connectivity index (χ3n) is 1.75. The maximum absolute atomic E-state index is 5.32.